The van der Waals surface area contributed by atoms with Gasteiger partial charge in [0.1, 0.15) is 0 Å². The fraction of sp³-hybridized carbons (Fsp3) is 0.571. The summed E-state index contributed by atoms with van der Waals surface area (Å²) in [5.74, 6) is 0. The first-order chi connectivity index (χ1) is 8.27. The van der Waals surface area contributed by atoms with Gasteiger partial charge >= 0.3 is 0 Å². The van der Waals surface area contributed by atoms with Crippen molar-refractivity contribution in [3.63, 3.8) is 0 Å². The molecule has 0 aliphatic rings. The van der Waals surface area contributed by atoms with E-state index in [1.165, 1.54) is 0 Å². The van der Waals surface area contributed by atoms with Crippen molar-refractivity contribution >= 4 is 10.0 Å². The van der Waals surface area contributed by atoms with Gasteiger partial charge in [-0.3, -0.25) is 0 Å². The zero-order valence-corrected chi connectivity index (χ0v) is 12.7. The lowest BCUT2D eigenvalue weighted by Crippen LogP contribution is -2.32. The van der Waals surface area contributed by atoms with Crippen LogP contribution in [0.5, 0.6) is 0 Å². The molecule has 0 aromatic heterocycles. The Morgan fingerprint density at radius 3 is 2.22 bits per heavy atom. The summed E-state index contributed by atoms with van der Waals surface area (Å²) in [6.45, 7) is 9.71. The molecule has 0 amide bonds. The van der Waals surface area contributed by atoms with E-state index in [9.17, 15) is 8.42 Å². The summed E-state index contributed by atoms with van der Waals surface area (Å²) >= 11 is 0. The predicted molar refractivity (Wildman–Crippen MR) is 75.3 cm³/mol. The Kier molecular flexibility index (Phi) is 4.93. The molecule has 0 saturated heterocycles. The molecule has 0 aliphatic carbocycles. The van der Waals surface area contributed by atoms with Crippen molar-refractivity contribution in [1.29, 1.82) is 0 Å². The quantitative estimate of drug-likeness (QED) is 0.893. The summed E-state index contributed by atoms with van der Waals surface area (Å²) in [4.78, 5) is 0.397. The topological polar surface area (TPSA) is 46.2 Å². The van der Waals surface area contributed by atoms with Crippen LogP contribution in [-0.4, -0.2) is 14.5 Å². The number of rotatable bonds is 5. The van der Waals surface area contributed by atoms with Crippen molar-refractivity contribution in [3.05, 3.63) is 28.8 Å². The molecular weight excluding hydrogens is 246 g/mol. The number of sulfonamides is 1. The maximum absolute atomic E-state index is 12.3. The molecule has 0 bridgehead atoms. The standard InChI is InChI=1S/C14H23NO2S/c1-6-7-13(5)15-18(16,17)14-9-11(3)10(2)8-12(14)4/h8-9,13,15H,6-7H2,1-5H3/t13-/m0/s1. The number of hydrogen-bond donors (Lipinski definition) is 1. The van der Waals surface area contributed by atoms with E-state index >= 15 is 0 Å². The Balaban J connectivity index is 3.09. The highest BCUT2D eigenvalue weighted by molar-refractivity contribution is 7.89. The Morgan fingerprint density at radius 2 is 1.67 bits per heavy atom. The lowest BCUT2D eigenvalue weighted by atomic mass is 10.1. The van der Waals surface area contributed by atoms with E-state index in [0.29, 0.717) is 4.90 Å². The normalized spacial score (nSPS) is 13.6. The molecule has 0 fully saturated rings. The first-order valence-electron chi connectivity index (χ1n) is 6.38. The maximum atomic E-state index is 12.3. The van der Waals surface area contributed by atoms with Gasteiger partial charge in [-0.25, -0.2) is 13.1 Å². The number of hydrogen-bond acceptors (Lipinski definition) is 2. The van der Waals surface area contributed by atoms with Crippen LogP contribution < -0.4 is 4.72 Å². The summed E-state index contributed by atoms with van der Waals surface area (Å²) in [6.07, 6.45) is 1.82. The van der Waals surface area contributed by atoms with Crippen LogP contribution >= 0.6 is 0 Å². The van der Waals surface area contributed by atoms with Gasteiger partial charge in [0.15, 0.2) is 0 Å². The first kappa shape index (κ1) is 15.2. The van der Waals surface area contributed by atoms with Gasteiger partial charge in [-0.15, -0.1) is 0 Å². The molecule has 0 unspecified atom stereocenters. The highest BCUT2D eigenvalue weighted by Crippen LogP contribution is 2.20. The summed E-state index contributed by atoms with van der Waals surface area (Å²) in [7, 11) is -3.40. The molecule has 0 saturated carbocycles. The summed E-state index contributed by atoms with van der Waals surface area (Å²) < 4.78 is 27.3. The van der Waals surface area contributed by atoms with Gasteiger partial charge in [-0.2, -0.15) is 0 Å². The van der Waals surface area contributed by atoms with Crippen LogP contribution in [0.4, 0.5) is 0 Å². The van der Waals surface area contributed by atoms with Crippen molar-refractivity contribution in [2.45, 2.75) is 58.4 Å². The number of benzene rings is 1. The molecule has 0 radical (unpaired) electrons. The Bertz CT molecular complexity index is 521. The third-order valence-corrected chi connectivity index (χ3v) is 4.89. The number of nitrogens with one attached hydrogen (secondary N) is 1. The minimum Gasteiger partial charge on any atom is -0.208 e. The van der Waals surface area contributed by atoms with Gasteiger partial charge in [-0.1, -0.05) is 19.4 Å². The van der Waals surface area contributed by atoms with Crippen LogP contribution in [0.2, 0.25) is 0 Å². The van der Waals surface area contributed by atoms with Crippen LogP contribution in [0.15, 0.2) is 17.0 Å². The van der Waals surface area contributed by atoms with E-state index in [-0.39, 0.29) is 6.04 Å². The van der Waals surface area contributed by atoms with E-state index in [1.54, 1.807) is 6.07 Å². The van der Waals surface area contributed by atoms with E-state index in [2.05, 4.69) is 4.72 Å². The third-order valence-electron chi connectivity index (χ3n) is 3.16. The van der Waals surface area contributed by atoms with Crippen LogP contribution in [0.3, 0.4) is 0 Å². The molecule has 4 heteroatoms. The largest absolute Gasteiger partial charge is 0.241 e. The van der Waals surface area contributed by atoms with Gasteiger partial charge in [0.05, 0.1) is 4.90 Å². The van der Waals surface area contributed by atoms with Crippen LogP contribution in [0.25, 0.3) is 0 Å². The van der Waals surface area contributed by atoms with Gasteiger partial charge in [0, 0.05) is 6.04 Å². The minimum atomic E-state index is -3.40. The molecule has 0 spiro atoms. The molecule has 102 valence electrons. The molecule has 1 aromatic carbocycles. The zero-order valence-electron chi connectivity index (χ0n) is 11.9. The fourth-order valence-electron chi connectivity index (χ4n) is 2.04. The highest BCUT2D eigenvalue weighted by atomic mass is 32.2. The Morgan fingerprint density at radius 1 is 1.11 bits per heavy atom. The maximum Gasteiger partial charge on any atom is 0.241 e. The molecule has 1 rings (SSSR count). The highest BCUT2D eigenvalue weighted by Gasteiger charge is 2.19. The van der Waals surface area contributed by atoms with Crippen molar-refractivity contribution in [1.82, 2.24) is 4.72 Å². The fourth-order valence-corrected chi connectivity index (χ4v) is 3.63. The third kappa shape index (κ3) is 3.56. The summed E-state index contributed by atoms with van der Waals surface area (Å²) in [5, 5.41) is 0. The average molecular weight is 269 g/mol. The van der Waals surface area contributed by atoms with Crippen molar-refractivity contribution in [3.8, 4) is 0 Å². The van der Waals surface area contributed by atoms with E-state index in [1.807, 2.05) is 40.7 Å². The second kappa shape index (κ2) is 5.85. The molecule has 0 aliphatic heterocycles. The molecule has 1 aromatic rings. The van der Waals surface area contributed by atoms with E-state index < -0.39 is 10.0 Å². The zero-order chi connectivity index (χ0) is 13.9. The number of aryl methyl sites for hydroxylation is 3. The summed E-state index contributed by atoms with van der Waals surface area (Å²) in [5.41, 5.74) is 2.92. The van der Waals surface area contributed by atoms with Gasteiger partial charge in [-0.05, 0) is 56.9 Å². The van der Waals surface area contributed by atoms with Crippen LogP contribution in [-0.2, 0) is 10.0 Å². The molecule has 18 heavy (non-hydrogen) atoms. The smallest absolute Gasteiger partial charge is 0.208 e. The van der Waals surface area contributed by atoms with Crippen molar-refractivity contribution in [2.24, 2.45) is 0 Å². The second-order valence-corrected chi connectivity index (χ2v) is 6.70. The molecule has 1 atom stereocenters. The molecular formula is C14H23NO2S. The monoisotopic (exact) mass is 269 g/mol. The SMILES string of the molecule is CCC[C@H](C)NS(=O)(=O)c1cc(C)c(C)cc1C. The Hall–Kier alpha value is -0.870. The first-order valence-corrected chi connectivity index (χ1v) is 7.86. The van der Waals surface area contributed by atoms with Crippen LogP contribution in [0, 0.1) is 20.8 Å². The van der Waals surface area contributed by atoms with E-state index in [0.717, 1.165) is 29.5 Å². The minimum absolute atomic E-state index is 0.0268. The molecule has 3 nitrogen and oxygen atoms in total. The van der Waals surface area contributed by atoms with Gasteiger partial charge < -0.3 is 0 Å². The lowest BCUT2D eigenvalue weighted by molar-refractivity contribution is 0.543. The van der Waals surface area contributed by atoms with Gasteiger partial charge in [0.2, 0.25) is 10.0 Å². The van der Waals surface area contributed by atoms with E-state index in [4.69, 9.17) is 0 Å². The Labute approximate surface area is 111 Å². The van der Waals surface area contributed by atoms with Crippen LogP contribution in [0.1, 0.15) is 43.4 Å². The van der Waals surface area contributed by atoms with Crippen molar-refractivity contribution in [2.75, 3.05) is 0 Å². The average Bonchev–Trinajstić information content (AvgIpc) is 2.22. The predicted octanol–water partition coefficient (Wildman–Crippen LogP) is 3.08. The molecule has 1 N–H and O–H groups in total. The second-order valence-electron chi connectivity index (χ2n) is 5.01. The van der Waals surface area contributed by atoms with Gasteiger partial charge in [0.25, 0.3) is 0 Å². The molecule has 0 heterocycles. The lowest BCUT2D eigenvalue weighted by Gasteiger charge is -2.16. The van der Waals surface area contributed by atoms with Crippen molar-refractivity contribution < 1.29 is 8.42 Å². The summed E-state index contributed by atoms with van der Waals surface area (Å²) in [6, 6.07) is 3.65.